The van der Waals surface area contributed by atoms with E-state index in [9.17, 15) is 4.79 Å². The summed E-state index contributed by atoms with van der Waals surface area (Å²) in [7, 11) is 0. The molecule has 0 radical (unpaired) electrons. The van der Waals surface area contributed by atoms with Gasteiger partial charge >= 0.3 is 0 Å². The van der Waals surface area contributed by atoms with E-state index in [-0.39, 0.29) is 18.3 Å². The van der Waals surface area contributed by atoms with Crippen LogP contribution < -0.4 is 0 Å². The second-order valence-electron chi connectivity index (χ2n) is 5.56. The van der Waals surface area contributed by atoms with Gasteiger partial charge in [0.25, 0.3) is 0 Å². The minimum atomic E-state index is -0.131. The summed E-state index contributed by atoms with van der Waals surface area (Å²) in [5.74, 6) is 0.809. The minimum absolute atomic E-state index is 0.0175. The molecule has 3 rings (SSSR count). The first-order chi connectivity index (χ1) is 11.7. The highest BCUT2D eigenvalue weighted by Crippen LogP contribution is 2.24. The largest absolute Gasteiger partial charge is 0.396 e. The summed E-state index contributed by atoms with van der Waals surface area (Å²) >= 11 is 0. The Kier molecular flexibility index (Phi) is 4.82. The first-order valence-corrected chi connectivity index (χ1v) is 7.82. The van der Waals surface area contributed by atoms with Crippen molar-refractivity contribution in [3.05, 3.63) is 83.0 Å². The number of carbonyl (C=O) groups is 1. The van der Waals surface area contributed by atoms with Crippen molar-refractivity contribution < 1.29 is 14.4 Å². The average Bonchev–Trinajstić information content (AvgIpc) is 3.10. The number of aliphatic hydroxyl groups is 1. The fourth-order valence-electron chi connectivity index (χ4n) is 2.49. The van der Waals surface area contributed by atoms with Crippen molar-refractivity contribution in [2.45, 2.75) is 19.3 Å². The van der Waals surface area contributed by atoms with Crippen molar-refractivity contribution in [3.63, 3.8) is 0 Å². The van der Waals surface area contributed by atoms with Gasteiger partial charge in [-0.2, -0.15) is 4.98 Å². The van der Waals surface area contributed by atoms with Crippen LogP contribution >= 0.6 is 0 Å². The normalized spacial score (nSPS) is 12.1. The fourth-order valence-corrected chi connectivity index (χ4v) is 2.49. The molecule has 5 nitrogen and oxygen atoms in total. The van der Waals surface area contributed by atoms with E-state index in [1.54, 1.807) is 18.2 Å². The van der Waals surface area contributed by atoms with Gasteiger partial charge in [0.1, 0.15) is 0 Å². The van der Waals surface area contributed by atoms with E-state index in [1.165, 1.54) is 0 Å². The van der Waals surface area contributed by atoms with Crippen LogP contribution in [0.25, 0.3) is 0 Å². The van der Waals surface area contributed by atoms with Crippen molar-refractivity contribution in [2.75, 3.05) is 6.61 Å². The van der Waals surface area contributed by atoms with Gasteiger partial charge in [-0.15, -0.1) is 0 Å². The Morgan fingerprint density at radius 2 is 1.88 bits per heavy atom. The Morgan fingerprint density at radius 3 is 2.62 bits per heavy atom. The molecule has 0 aliphatic heterocycles. The maximum Gasteiger partial charge on any atom is 0.233 e. The first kappa shape index (κ1) is 16.1. The molecule has 0 saturated carbocycles. The van der Waals surface area contributed by atoms with Crippen LogP contribution in [0.1, 0.15) is 46.0 Å². The van der Waals surface area contributed by atoms with Gasteiger partial charge in [0.15, 0.2) is 11.6 Å². The summed E-state index contributed by atoms with van der Waals surface area (Å²) in [6, 6.07) is 16.6. The maximum atomic E-state index is 12.6. The number of rotatable bonds is 6. The molecule has 24 heavy (non-hydrogen) atoms. The van der Waals surface area contributed by atoms with E-state index in [4.69, 9.17) is 9.63 Å². The summed E-state index contributed by atoms with van der Waals surface area (Å²) in [5, 5.41) is 12.8. The molecule has 1 N–H and O–H groups in total. The molecule has 1 aromatic heterocycles. The second kappa shape index (κ2) is 7.19. The van der Waals surface area contributed by atoms with Crippen LogP contribution in [0.5, 0.6) is 0 Å². The molecule has 1 unspecified atom stereocenters. The fraction of sp³-hybridized carbons (Fsp3) is 0.211. The number of benzene rings is 2. The van der Waals surface area contributed by atoms with Gasteiger partial charge in [0.2, 0.25) is 5.89 Å². The molecular formula is C19H18N2O3. The Morgan fingerprint density at radius 1 is 1.12 bits per heavy atom. The molecule has 122 valence electrons. The third-order valence-electron chi connectivity index (χ3n) is 3.87. The standard InChI is InChI=1S/C19H18N2O3/c1-13(19-20-17(10-11-22)21-24-19)15-8-5-9-16(12-15)18(23)14-6-3-2-4-7-14/h2-9,12-13,22H,10-11H2,1H3. The second-order valence-corrected chi connectivity index (χ2v) is 5.56. The molecular weight excluding hydrogens is 304 g/mol. The van der Waals surface area contributed by atoms with Crippen molar-refractivity contribution in [3.8, 4) is 0 Å². The van der Waals surface area contributed by atoms with Crippen molar-refractivity contribution in [1.29, 1.82) is 0 Å². The monoisotopic (exact) mass is 322 g/mol. The smallest absolute Gasteiger partial charge is 0.233 e. The lowest BCUT2D eigenvalue weighted by Gasteiger charge is -2.09. The Bertz CT molecular complexity index is 827. The lowest BCUT2D eigenvalue weighted by atomic mass is 9.95. The molecule has 3 aromatic rings. The molecule has 1 atom stereocenters. The summed E-state index contributed by atoms with van der Waals surface area (Å²) in [6.07, 6.45) is 0.364. The van der Waals surface area contributed by atoms with E-state index >= 15 is 0 Å². The molecule has 0 amide bonds. The van der Waals surface area contributed by atoms with Crippen LogP contribution in [0.3, 0.4) is 0 Å². The average molecular weight is 322 g/mol. The van der Waals surface area contributed by atoms with Gasteiger partial charge in [0.05, 0.1) is 12.5 Å². The van der Waals surface area contributed by atoms with Crippen LogP contribution in [0.4, 0.5) is 0 Å². The van der Waals surface area contributed by atoms with Crippen LogP contribution in [-0.2, 0) is 6.42 Å². The zero-order chi connectivity index (χ0) is 16.9. The van der Waals surface area contributed by atoms with Gasteiger partial charge in [-0.1, -0.05) is 53.7 Å². The summed E-state index contributed by atoms with van der Waals surface area (Å²) < 4.78 is 5.26. The third-order valence-corrected chi connectivity index (χ3v) is 3.87. The first-order valence-electron chi connectivity index (χ1n) is 7.82. The van der Waals surface area contributed by atoms with E-state index in [1.807, 2.05) is 43.3 Å². The topological polar surface area (TPSA) is 76.2 Å². The number of aliphatic hydroxyl groups excluding tert-OH is 1. The predicted octanol–water partition coefficient (Wildman–Crippen LogP) is 2.99. The number of ketones is 1. The number of carbonyl (C=O) groups excluding carboxylic acids is 1. The van der Waals surface area contributed by atoms with Gasteiger partial charge in [-0.25, -0.2) is 0 Å². The SMILES string of the molecule is CC(c1cccc(C(=O)c2ccccc2)c1)c1nc(CCO)no1. The highest BCUT2D eigenvalue weighted by atomic mass is 16.5. The van der Waals surface area contributed by atoms with Crippen molar-refractivity contribution in [1.82, 2.24) is 10.1 Å². The molecule has 0 saturated heterocycles. The lowest BCUT2D eigenvalue weighted by Crippen LogP contribution is -2.04. The third kappa shape index (κ3) is 3.41. The van der Waals surface area contributed by atoms with Crippen LogP contribution in [0, 0.1) is 0 Å². The number of nitrogens with zero attached hydrogens (tertiary/aromatic N) is 2. The molecule has 5 heteroatoms. The molecule has 0 aliphatic carbocycles. The van der Waals surface area contributed by atoms with Gasteiger partial charge in [0, 0.05) is 17.5 Å². The number of hydrogen-bond donors (Lipinski definition) is 1. The molecule has 1 heterocycles. The molecule has 2 aromatic carbocycles. The summed E-state index contributed by atoms with van der Waals surface area (Å²) in [5.41, 5.74) is 2.21. The molecule has 0 aliphatic rings. The molecule has 0 spiro atoms. The molecule has 0 fully saturated rings. The van der Waals surface area contributed by atoms with Crippen LogP contribution in [0.15, 0.2) is 59.1 Å². The minimum Gasteiger partial charge on any atom is -0.396 e. The van der Waals surface area contributed by atoms with Gasteiger partial charge in [-0.05, 0) is 18.6 Å². The number of hydrogen-bond acceptors (Lipinski definition) is 5. The van der Waals surface area contributed by atoms with E-state index < -0.39 is 0 Å². The highest BCUT2D eigenvalue weighted by molar-refractivity contribution is 6.09. The van der Waals surface area contributed by atoms with Crippen molar-refractivity contribution in [2.24, 2.45) is 0 Å². The Balaban J connectivity index is 1.85. The number of aromatic nitrogens is 2. The Hall–Kier alpha value is -2.79. The summed E-state index contributed by atoms with van der Waals surface area (Å²) in [4.78, 5) is 16.9. The highest BCUT2D eigenvalue weighted by Gasteiger charge is 2.18. The van der Waals surface area contributed by atoms with Gasteiger partial charge < -0.3 is 9.63 Å². The predicted molar refractivity (Wildman–Crippen MR) is 88.9 cm³/mol. The lowest BCUT2D eigenvalue weighted by molar-refractivity contribution is 0.103. The maximum absolute atomic E-state index is 12.6. The quantitative estimate of drug-likeness (QED) is 0.706. The zero-order valence-corrected chi connectivity index (χ0v) is 13.3. The zero-order valence-electron chi connectivity index (χ0n) is 13.3. The van der Waals surface area contributed by atoms with Crippen LogP contribution in [0.2, 0.25) is 0 Å². The van der Waals surface area contributed by atoms with Crippen molar-refractivity contribution >= 4 is 5.78 Å². The van der Waals surface area contributed by atoms with E-state index in [0.29, 0.717) is 29.3 Å². The van der Waals surface area contributed by atoms with Gasteiger partial charge in [-0.3, -0.25) is 4.79 Å². The Labute approximate surface area is 140 Å². The van der Waals surface area contributed by atoms with Crippen LogP contribution in [-0.4, -0.2) is 27.6 Å². The van der Waals surface area contributed by atoms with E-state index in [2.05, 4.69) is 10.1 Å². The summed E-state index contributed by atoms with van der Waals surface area (Å²) in [6.45, 7) is 1.93. The van der Waals surface area contributed by atoms with E-state index in [0.717, 1.165) is 5.56 Å². The molecule has 0 bridgehead atoms.